The number of nitrogens with zero attached hydrogens (tertiary/aromatic N) is 2. The van der Waals surface area contributed by atoms with Crippen molar-refractivity contribution < 1.29 is 24.2 Å². The minimum absolute atomic E-state index is 0.00157. The monoisotopic (exact) mass is 648 g/mol. The zero-order valence-corrected chi connectivity index (χ0v) is 29.6. The van der Waals surface area contributed by atoms with Gasteiger partial charge in [0.2, 0.25) is 11.8 Å². The van der Waals surface area contributed by atoms with Gasteiger partial charge in [-0.25, -0.2) is 4.79 Å². The number of rotatable bonds is 11. The van der Waals surface area contributed by atoms with E-state index >= 15 is 0 Å². The summed E-state index contributed by atoms with van der Waals surface area (Å²) in [4.78, 5) is 43.8. The van der Waals surface area contributed by atoms with Crippen LogP contribution in [-0.4, -0.2) is 70.6 Å². The van der Waals surface area contributed by atoms with Crippen LogP contribution in [0.3, 0.4) is 0 Å². The quantitative estimate of drug-likeness (QED) is 0.252. The van der Waals surface area contributed by atoms with Crippen LogP contribution in [-0.2, 0) is 38.3 Å². The van der Waals surface area contributed by atoms with Crippen LogP contribution >= 0.6 is 0 Å². The molecule has 2 aliphatic rings. The van der Waals surface area contributed by atoms with Gasteiger partial charge in [0.1, 0.15) is 23.9 Å². The lowest BCUT2D eigenvalue weighted by Crippen LogP contribution is -2.72. The Kier molecular flexibility index (Phi) is 11.6. The Morgan fingerprint density at radius 3 is 2.17 bits per heavy atom. The molecule has 1 atom stereocenters. The van der Waals surface area contributed by atoms with E-state index in [4.69, 9.17) is 4.74 Å². The topological polar surface area (TPSA) is 111 Å². The molecule has 0 radical (unpaired) electrons. The summed E-state index contributed by atoms with van der Waals surface area (Å²) in [6.45, 7) is 18.1. The molecule has 2 aromatic carbocycles. The number of benzene rings is 2. The number of ether oxygens (including phenoxy) is 1. The molecule has 0 aromatic heterocycles. The number of nitrogens with one attached hydrogen (secondary N) is 2. The molecule has 47 heavy (non-hydrogen) atoms. The molecule has 0 aliphatic carbocycles. The number of unbranched alkanes of at least 4 members (excludes halogenated alkanes) is 1. The summed E-state index contributed by atoms with van der Waals surface area (Å²) < 4.78 is 5.26. The number of phenols is 1. The lowest BCUT2D eigenvalue weighted by Gasteiger charge is -2.51. The number of likely N-dealkylation sites (tertiary alicyclic amines) is 1. The SMILES string of the molecule is CCCN1C(=O)[C@H](CCCCNC(=O)OCc2ccccc2)NC(=O)C12CCN(Cc1cc(C(C)(C)C)c(O)c(C(C)(C)C)c1)CC2. The maximum atomic E-state index is 13.8. The Bertz CT molecular complexity index is 1350. The van der Waals surface area contributed by atoms with Gasteiger partial charge in [-0.15, -0.1) is 0 Å². The molecule has 2 aliphatic heterocycles. The van der Waals surface area contributed by atoms with E-state index in [0.29, 0.717) is 64.0 Å². The van der Waals surface area contributed by atoms with Crippen molar-refractivity contribution in [2.45, 2.75) is 123 Å². The fourth-order valence-corrected chi connectivity index (χ4v) is 6.82. The Hall–Kier alpha value is -3.59. The average Bonchev–Trinajstić information content (AvgIpc) is 3.01. The highest BCUT2D eigenvalue weighted by molar-refractivity contribution is 6.00. The van der Waals surface area contributed by atoms with Crippen molar-refractivity contribution in [2.75, 3.05) is 26.2 Å². The van der Waals surface area contributed by atoms with Crippen molar-refractivity contribution in [3.05, 3.63) is 64.7 Å². The Labute approximate surface area is 281 Å². The van der Waals surface area contributed by atoms with Crippen molar-refractivity contribution in [3.63, 3.8) is 0 Å². The number of aromatic hydroxyl groups is 1. The average molecular weight is 649 g/mol. The minimum Gasteiger partial charge on any atom is -0.507 e. The number of piperazine rings is 1. The number of piperidine rings is 1. The van der Waals surface area contributed by atoms with Crippen LogP contribution in [0.25, 0.3) is 0 Å². The second-order valence-corrected chi connectivity index (χ2v) is 15.3. The van der Waals surface area contributed by atoms with Gasteiger partial charge in [-0.1, -0.05) is 90.9 Å². The molecule has 0 unspecified atom stereocenters. The summed E-state index contributed by atoms with van der Waals surface area (Å²) in [6, 6.07) is 13.2. The van der Waals surface area contributed by atoms with E-state index in [-0.39, 0.29) is 29.3 Å². The molecule has 258 valence electrons. The van der Waals surface area contributed by atoms with Crippen molar-refractivity contribution in [3.8, 4) is 5.75 Å². The summed E-state index contributed by atoms with van der Waals surface area (Å²) in [6.07, 6.45) is 3.39. The number of alkyl carbamates (subject to hydrolysis) is 1. The summed E-state index contributed by atoms with van der Waals surface area (Å²) >= 11 is 0. The van der Waals surface area contributed by atoms with Crippen LogP contribution in [0.1, 0.15) is 109 Å². The maximum Gasteiger partial charge on any atom is 0.407 e. The van der Waals surface area contributed by atoms with Gasteiger partial charge in [-0.3, -0.25) is 14.5 Å². The standard InChI is InChI=1S/C38H56N4O5/c1-8-20-42-33(44)31(16-12-13-19-39-35(46)47-26-27-14-10-9-11-15-27)40-34(45)38(42)17-21-41(22-18-38)25-28-23-29(36(2,3)4)32(43)30(24-28)37(5,6)7/h9-11,14-15,23-24,31,43H,8,12-13,16-22,25-26H2,1-7H3,(H,39,46)(H,40,45)/t31-/m0/s1. The van der Waals surface area contributed by atoms with Crippen molar-refractivity contribution in [1.82, 2.24) is 20.4 Å². The Balaban J connectivity index is 1.32. The fourth-order valence-electron chi connectivity index (χ4n) is 6.82. The second-order valence-electron chi connectivity index (χ2n) is 15.3. The highest BCUT2D eigenvalue weighted by Crippen LogP contribution is 2.41. The summed E-state index contributed by atoms with van der Waals surface area (Å²) in [5, 5.41) is 17.0. The molecule has 9 heteroatoms. The first-order valence-corrected chi connectivity index (χ1v) is 17.3. The van der Waals surface area contributed by atoms with E-state index in [1.807, 2.05) is 42.2 Å². The van der Waals surface area contributed by atoms with Crippen LogP contribution in [0.4, 0.5) is 4.79 Å². The van der Waals surface area contributed by atoms with Crippen LogP contribution in [0.2, 0.25) is 0 Å². The first kappa shape index (κ1) is 36.2. The van der Waals surface area contributed by atoms with E-state index in [2.05, 4.69) is 69.2 Å². The van der Waals surface area contributed by atoms with Crippen LogP contribution in [0.15, 0.2) is 42.5 Å². The highest BCUT2D eigenvalue weighted by Gasteiger charge is 2.53. The zero-order chi connectivity index (χ0) is 34.4. The van der Waals surface area contributed by atoms with Gasteiger partial charge in [0.15, 0.2) is 0 Å². The molecule has 2 aromatic rings. The molecule has 1 spiro atoms. The number of hydrogen-bond acceptors (Lipinski definition) is 6. The number of carbonyl (C=O) groups is 3. The van der Waals surface area contributed by atoms with E-state index in [1.165, 1.54) is 0 Å². The van der Waals surface area contributed by atoms with Gasteiger partial charge in [-0.05, 0) is 71.6 Å². The molecular weight excluding hydrogens is 592 g/mol. The molecular formula is C38H56N4O5. The zero-order valence-electron chi connectivity index (χ0n) is 29.6. The highest BCUT2D eigenvalue weighted by atomic mass is 16.5. The molecule has 0 saturated carbocycles. The van der Waals surface area contributed by atoms with Crippen LogP contribution < -0.4 is 10.6 Å². The van der Waals surface area contributed by atoms with Gasteiger partial charge in [-0.2, -0.15) is 0 Å². The Morgan fingerprint density at radius 2 is 1.60 bits per heavy atom. The first-order valence-electron chi connectivity index (χ1n) is 17.3. The van der Waals surface area contributed by atoms with E-state index in [1.54, 1.807) is 0 Å². The number of carbonyl (C=O) groups excluding carboxylic acids is 3. The molecule has 2 heterocycles. The summed E-state index contributed by atoms with van der Waals surface area (Å²) in [5.41, 5.74) is 2.75. The van der Waals surface area contributed by atoms with Crippen LogP contribution in [0, 0.1) is 0 Å². The summed E-state index contributed by atoms with van der Waals surface area (Å²) in [5.74, 6) is 0.330. The largest absolute Gasteiger partial charge is 0.507 e. The minimum atomic E-state index is -0.827. The molecule has 3 N–H and O–H groups in total. The van der Waals surface area contributed by atoms with Gasteiger partial charge in [0.25, 0.3) is 0 Å². The van der Waals surface area contributed by atoms with E-state index in [0.717, 1.165) is 35.2 Å². The molecule has 9 nitrogen and oxygen atoms in total. The van der Waals surface area contributed by atoms with Crippen molar-refractivity contribution in [1.29, 1.82) is 0 Å². The van der Waals surface area contributed by atoms with E-state index in [9.17, 15) is 19.5 Å². The van der Waals surface area contributed by atoms with Gasteiger partial charge >= 0.3 is 6.09 Å². The third-order valence-corrected chi connectivity index (χ3v) is 9.53. The number of hydrogen-bond donors (Lipinski definition) is 3. The van der Waals surface area contributed by atoms with Crippen molar-refractivity contribution >= 4 is 17.9 Å². The van der Waals surface area contributed by atoms with Crippen LogP contribution in [0.5, 0.6) is 5.75 Å². The summed E-state index contributed by atoms with van der Waals surface area (Å²) in [7, 11) is 0. The van der Waals surface area contributed by atoms with Gasteiger partial charge in [0, 0.05) is 32.7 Å². The lowest BCUT2D eigenvalue weighted by atomic mass is 9.78. The second kappa shape index (κ2) is 15.1. The fraction of sp³-hybridized carbons (Fsp3) is 0.605. The lowest BCUT2D eigenvalue weighted by molar-refractivity contribution is -0.161. The maximum absolute atomic E-state index is 13.8. The smallest absolute Gasteiger partial charge is 0.407 e. The molecule has 3 amide bonds. The molecule has 2 fully saturated rings. The third-order valence-electron chi connectivity index (χ3n) is 9.53. The van der Waals surface area contributed by atoms with Crippen molar-refractivity contribution in [2.24, 2.45) is 0 Å². The van der Waals surface area contributed by atoms with Gasteiger partial charge < -0.3 is 25.4 Å². The van der Waals surface area contributed by atoms with E-state index < -0.39 is 17.7 Å². The Morgan fingerprint density at radius 1 is 0.979 bits per heavy atom. The number of amides is 3. The van der Waals surface area contributed by atoms with Gasteiger partial charge in [0.05, 0.1) is 0 Å². The normalized spacial score (nSPS) is 18.7. The predicted octanol–water partition coefficient (Wildman–Crippen LogP) is 6.16. The molecule has 2 saturated heterocycles. The predicted molar refractivity (Wildman–Crippen MR) is 185 cm³/mol. The first-order chi connectivity index (χ1) is 22.2. The number of phenolic OH excluding ortho intramolecular Hbond substituents is 1. The molecule has 4 rings (SSSR count). The molecule has 0 bridgehead atoms. The third kappa shape index (κ3) is 8.86.